The molecule has 0 heterocycles. The normalized spacial score (nSPS) is 12.4. The van der Waals surface area contributed by atoms with Crippen LogP contribution >= 0.6 is 0 Å². The average molecular weight is 491 g/mol. The van der Waals surface area contributed by atoms with Crippen molar-refractivity contribution in [3.63, 3.8) is 0 Å². The monoisotopic (exact) mass is 490 g/mol. The lowest BCUT2D eigenvalue weighted by Crippen LogP contribution is -2.60. The van der Waals surface area contributed by atoms with Gasteiger partial charge in [-0.1, -0.05) is 60.7 Å². The first-order valence-electron chi connectivity index (χ1n) is 10.7. The molecule has 0 unspecified atom stereocenters. The Morgan fingerprint density at radius 1 is 0.857 bits per heavy atom. The van der Waals surface area contributed by atoms with Gasteiger partial charge < -0.3 is 28.8 Å². The number of methoxy groups -OCH3 is 3. The number of nitrogens with zero attached hydrogens (tertiary/aromatic N) is 1. The van der Waals surface area contributed by atoms with Gasteiger partial charge >= 0.3 is 18.2 Å². The van der Waals surface area contributed by atoms with E-state index in [1.54, 1.807) is 54.6 Å². The highest BCUT2D eigenvalue weighted by atomic mass is 16.7. The molecule has 2 atom stereocenters. The van der Waals surface area contributed by atoms with Crippen molar-refractivity contribution in [3.05, 3.63) is 71.8 Å². The number of hydrogen-bond acceptors (Lipinski definition) is 9. The summed E-state index contributed by atoms with van der Waals surface area (Å²) >= 11 is 0. The number of esters is 1. The molecule has 0 saturated heterocycles. The Kier molecular flexibility index (Phi) is 11.5. The molecule has 0 bridgehead atoms. The standard InChI is InChI=1S/C24H30N2O9/c1-31-20(32-2)14-19(27)21(22(28)33-3)26(24(30)35-16-18-12-8-5-9-13-18)25-23(29)34-15-17-10-6-4-7-11-17/h4-13,19-21,27H,14-16H2,1-3H3,(H,25,29)/t19-,21-/m1/s1. The molecule has 0 aliphatic carbocycles. The lowest BCUT2D eigenvalue weighted by molar-refractivity contribution is -0.159. The van der Waals surface area contributed by atoms with Gasteiger partial charge in [0, 0.05) is 20.6 Å². The highest BCUT2D eigenvalue weighted by Gasteiger charge is 2.40. The summed E-state index contributed by atoms with van der Waals surface area (Å²) in [6.07, 6.45) is -4.86. The van der Waals surface area contributed by atoms with E-state index in [1.165, 1.54) is 14.2 Å². The summed E-state index contributed by atoms with van der Waals surface area (Å²) < 4.78 is 25.3. The lowest BCUT2D eigenvalue weighted by Gasteiger charge is -2.32. The number of ether oxygens (including phenoxy) is 5. The van der Waals surface area contributed by atoms with Crippen LogP contribution in [-0.4, -0.2) is 68.0 Å². The predicted octanol–water partition coefficient (Wildman–Crippen LogP) is 2.38. The number of amides is 2. The number of benzene rings is 2. The zero-order valence-corrected chi connectivity index (χ0v) is 19.8. The fraction of sp³-hybridized carbons (Fsp3) is 0.375. The topological polar surface area (TPSA) is 133 Å². The van der Waals surface area contributed by atoms with Gasteiger partial charge in [-0.25, -0.2) is 19.8 Å². The fourth-order valence-electron chi connectivity index (χ4n) is 3.04. The van der Waals surface area contributed by atoms with Crippen molar-refractivity contribution >= 4 is 18.2 Å². The number of hydrazine groups is 1. The van der Waals surface area contributed by atoms with Gasteiger partial charge in [0.2, 0.25) is 0 Å². The van der Waals surface area contributed by atoms with Crippen molar-refractivity contribution in [2.45, 2.75) is 38.1 Å². The van der Waals surface area contributed by atoms with Gasteiger partial charge in [0.1, 0.15) is 13.2 Å². The Bertz CT molecular complexity index is 923. The highest BCUT2D eigenvalue weighted by Crippen LogP contribution is 2.15. The molecule has 2 amide bonds. The minimum atomic E-state index is -1.69. The van der Waals surface area contributed by atoms with Gasteiger partial charge in [0.15, 0.2) is 12.3 Å². The summed E-state index contributed by atoms with van der Waals surface area (Å²) in [6.45, 7) is -0.250. The Morgan fingerprint density at radius 2 is 1.37 bits per heavy atom. The molecule has 0 spiro atoms. The largest absolute Gasteiger partial charge is 0.467 e. The number of aliphatic hydroxyl groups is 1. The van der Waals surface area contributed by atoms with E-state index in [0.29, 0.717) is 16.1 Å². The van der Waals surface area contributed by atoms with E-state index in [9.17, 15) is 19.5 Å². The van der Waals surface area contributed by atoms with E-state index < -0.39 is 36.6 Å². The van der Waals surface area contributed by atoms with Gasteiger partial charge in [-0.3, -0.25) is 0 Å². The minimum absolute atomic E-state index is 0.0968. The molecular weight excluding hydrogens is 460 g/mol. The molecule has 0 aromatic heterocycles. The van der Waals surface area contributed by atoms with Gasteiger partial charge in [-0.05, 0) is 11.1 Å². The van der Waals surface area contributed by atoms with E-state index in [2.05, 4.69) is 5.43 Å². The Balaban J connectivity index is 2.22. The molecule has 2 rings (SSSR count). The van der Waals surface area contributed by atoms with Crippen molar-refractivity contribution in [2.75, 3.05) is 21.3 Å². The summed E-state index contributed by atoms with van der Waals surface area (Å²) in [6, 6.07) is 15.9. The number of rotatable bonds is 11. The van der Waals surface area contributed by atoms with E-state index in [0.717, 1.165) is 7.11 Å². The maximum Gasteiger partial charge on any atom is 0.430 e. The van der Waals surface area contributed by atoms with Crippen LogP contribution in [0, 0.1) is 0 Å². The lowest BCUT2D eigenvalue weighted by atomic mass is 10.1. The molecule has 11 heteroatoms. The molecule has 0 radical (unpaired) electrons. The smallest absolute Gasteiger partial charge is 0.430 e. The van der Waals surface area contributed by atoms with Crippen LogP contribution in [0.4, 0.5) is 9.59 Å². The summed E-state index contributed by atoms with van der Waals surface area (Å²) in [7, 11) is 3.77. The molecule has 0 aliphatic rings. The second kappa shape index (κ2) is 14.6. The van der Waals surface area contributed by atoms with E-state index >= 15 is 0 Å². The van der Waals surface area contributed by atoms with Crippen LogP contribution in [0.5, 0.6) is 0 Å². The number of carbonyl (C=O) groups excluding carboxylic acids is 3. The van der Waals surface area contributed by atoms with E-state index in [1.807, 2.05) is 6.07 Å². The summed E-state index contributed by atoms with van der Waals surface area (Å²) in [4.78, 5) is 38.1. The highest BCUT2D eigenvalue weighted by molar-refractivity contribution is 5.83. The SMILES string of the molecule is COC(=O)[C@@H]([C@H](O)CC(OC)OC)N(NC(=O)OCc1ccccc1)C(=O)OCc1ccccc1. The molecule has 0 fully saturated rings. The van der Waals surface area contributed by atoms with Crippen LogP contribution in [-0.2, 0) is 41.7 Å². The van der Waals surface area contributed by atoms with Gasteiger partial charge in [0.05, 0.1) is 13.2 Å². The Morgan fingerprint density at radius 3 is 1.86 bits per heavy atom. The molecule has 0 saturated carbocycles. The quantitative estimate of drug-likeness (QED) is 0.211. The molecule has 2 N–H and O–H groups in total. The minimum Gasteiger partial charge on any atom is -0.467 e. The van der Waals surface area contributed by atoms with Crippen molar-refractivity contribution in [1.82, 2.24) is 10.4 Å². The second-order valence-corrected chi connectivity index (χ2v) is 7.26. The molecule has 0 aliphatic heterocycles. The maximum absolute atomic E-state index is 13.0. The number of aliphatic hydroxyl groups excluding tert-OH is 1. The van der Waals surface area contributed by atoms with E-state index in [4.69, 9.17) is 23.7 Å². The third kappa shape index (κ3) is 8.89. The van der Waals surface area contributed by atoms with Crippen molar-refractivity contribution < 1.29 is 43.2 Å². The van der Waals surface area contributed by atoms with Crippen LogP contribution < -0.4 is 5.43 Å². The fourth-order valence-corrected chi connectivity index (χ4v) is 3.04. The zero-order valence-electron chi connectivity index (χ0n) is 19.8. The van der Waals surface area contributed by atoms with Crippen LogP contribution in [0.1, 0.15) is 17.5 Å². The zero-order chi connectivity index (χ0) is 25.6. The van der Waals surface area contributed by atoms with Crippen molar-refractivity contribution in [3.8, 4) is 0 Å². The Hall–Kier alpha value is -3.67. The van der Waals surface area contributed by atoms with Gasteiger partial charge in [0.25, 0.3) is 0 Å². The van der Waals surface area contributed by atoms with Gasteiger partial charge in [-0.15, -0.1) is 0 Å². The number of hydrogen-bond donors (Lipinski definition) is 2. The Labute approximate surface area is 203 Å². The summed E-state index contributed by atoms with van der Waals surface area (Å²) in [5.41, 5.74) is 3.55. The molecular formula is C24H30N2O9. The third-order valence-corrected chi connectivity index (χ3v) is 4.87. The first-order valence-corrected chi connectivity index (χ1v) is 10.7. The molecule has 11 nitrogen and oxygen atoms in total. The number of carbonyl (C=O) groups is 3. The molecule has 190 valence electrons. The average Bonchev–Trinajstić information content (AvgIpc) is 2.89. The van der Waals surface area contributed by atoms with Crippen LogP contribution in [0.25, 0.3) is 0 Å². The van der Waals surface area contributed by atoms with Crippen LogP contribution in [0.3, 0.4) is 0 Å². The molecule has 2 aromatic carbocycles. The van der Waals surface area contributed by atoms with E-state index in [-0.39, 0.29) is 19.6 Å². The first-order chi connectivity index (χ1) is 16.9. The van der Waals surface area contributed by atoms with Crippen molar-refractivity contribution in [2.24, 2.45) is 0 Å². The van der Waals surface area contributed by atoms with Crippen molar-refractivity contribution in [1.29, 1.82) is 0 Å². The van der Waals surface area contributed by atoms with Crippen LogP contribution in [0.2, 0.25) is 0 Å². The summed E-state index contributed by atoms with van der Waals surface area (Å²) in [5.74, 6) is -1.01. The van der Waals surface area contributed by atoms with Gasteiger partial charge in [-0.2, -0.15) is 5.01 Å². The van der Waals surface area contributed by atoms with Crippen LogP contribution in [0.15, 0.2) is 60.7 Å². The summed E-state index contributed by atoms with van der Waals surface area (Å²) in [5, 5.41) is 11.3. The predicted molar refractivity (Wildman–Crippen MR) is 122 cm³/mol. The first kappa shape index (κ1) is 27.6. The third-order valence-electron chi connectivity index (χ3n) is 4.87. The molecule has 2 aromatic rings. The number of nitrogens with one attached hydrogen (secondary N) is 1. The second-order valence-electron chi connectivity index (χ2n) is 7.26. The maximum atomic E-state index is 13.0. The molecule has 35 heavy (non-hydrogen) atoms.